The van der Waals surface area contributed by atoms with E-state index >= 15 is 0 Å². The largest absolute Gasteiger partial charge is 0.304 e. The molecule has 0 spiro atoms. The first kappa shape index (κ1) is 11.7. The number of nitrogens with zero attached hydrogens (tertiary/aromatic N) is 2. The highest BCUT2D eigenvalue weighted by Crippen LogP contribution is 2.23. The Labute approximate surface area is 107 Å². The van der Waals surface area contributed by atoms with Crippen molar-refractivity contribution in [3.8, 4) is 0 Å². The SMILES string of the molecule is O=S1(=O)CCCCC1Cc1ncc2ccccn12. The number of imidazole rings is 1. The Morgan fingerprint density at radius 1 is 1.33 bits per heavy atom. The van der Waals surface area contributed by atoms with Gasteiger partial charge in [-0.1, -0.05) is 12.5 Å². The van der Waals surface area contributed by atoms with Crippen molar-refractivity contribution in [1.82, 2.24) is 9.38 Å². The predicted octanol–water partition coefficient (Wildman–Crippen LogP) is 1.84. The molecule has 0 radical (unpaired) electrons. The number of fused-ring (bicyclic) bond motifs is 1. The summed E-state index contributed by atoms with van der Waals surface area (Å²) in [5, 5.41) is -0.253. The molecule has 18 heavy (non-hydrogen) atoms. The molecule has 0 aromatic carbocycles. The molecule has 1 atom stereocenters. The molecule has 0 amide bonds. The molecule has 1 saturated heterocycles. The minimum atomic E-state index is -2.92. The van der Waals surface area contributed by atoms with Gasteiger partial charge in [-0.2, -0.15) is 0 Å². The second kappa shape index (κ2) is 4.39. The Morgan fingerprint density at radius 2 is 2.22 bits per heavy atom. The predicted molar refractivity (Wildman–Crippen MR) is 70.3 cm³/mol. The summed E-state index contributed by atoms with van der Waals surface area (Å²) in [6, 6.07) is 5.87. The fraction of sp³-hybridized carbons (Fsp3) is 0.462. The highest BCUT2D eigenvalue weighted by molar-refractivity contribution is 7.92. The van der Waals surface area contributed by atoms with Crippen LogP contribution in [0.3, 0.4) is 0 Å². The lowest BCUT2D eigenvalue weighted by Gasteiger charge is -2.21. The van der Waals surface area contributed by atoms with Crippen molar-refractivity contribution in [1.29, 1.82) is 0 Å². The van der Waals surface area contributed by atoms with Gasteiger partial charge in [0.1, 0.15) is 5.82 Å². The third kappa shape index (κ3) is 2.03. The van der Waals surface area contributed by atoms with E-state index in [4.69, 9.17) is 0 Å². The Hall–Kier alpha value is -1.36. The van der Waals surface area contributed by atoms with Crippen LogP contribution in [0.25, 0.3) is 5.52 Å². The van der Waals surface area contributed by atoms with Crippen molar-refractivity contribution in [3.63, 3.8) is 0 Å². The summed E-state index contributed by atoms with van der Waals surface area (Å²) in [7, 11) is -2.92. The van der Waals surface area contributed by atoms with Crippen molar-refractivity contribution < 1.29 is 8.42 Å². The van der Waals surface area contributed by atoms with E-state index in [1.54, 1.807) is 6.20 Å². The smallest absolute Gasteiger partial charge is 0.153 e. The third-order valence-electron chi connectivity index (χ3n) is 3.64. The van der Waals surface area contributed by atoms with Crippen LogP contribution in [-0.4, -0.2) is 28.8 Å². The lowest BCUT2D eigenvalue weighted by Crippen LogP contribution is -2.30. The summed E-state index contributed by atoms with van der Waals surface area (Å²) in [6.07, 6.45) is 6.84. The van der Waals surface area contributed by atoms with Crippen LogP contribution in [0.5, 0.6) is 0 Å². The lowest BCUT2D eigenvalue weighted by atomic mass is 10.1. The van der Waals surface area contributed by atoms with Crippen LogP contribution in [0.1, 0.15) is 25.1 Å². The highest BCUT2D eigenvalue weighted by atomic mass is 32.2. The number of pyridine rings is 1. The molecule has 2 aromatic rings. The molecule has 3 heterocycles. The molecule has 0 N–H and O–H groups in total. The molecule has 1 unspecified atom stereocenters. The minimum absolute atomic E-state index is 0.253. The van der Waals surface area contributed by atoms with Crippen LogP contribution in [0, 0.1) is 0 Å². The summed E-state index contributed by atoms with van der Waals surface area (Å²) in [4.78, 5) is 4.35. The number of hydrogen-bond acceptors (Lipinski definition) is 3. The van der Waals surface area contributed by atoms with E-state index in [0.29, 0.717) is 12.2 Å². The Bertz CT molecular complexity index is 660. The van der Waals surface area contributed by atoms with E-state index in [-0.39, 0.29) is 5.25 Å². The fourth-order valence-electron chi connectivity index (χ4n) is 2.60. The minimum Gasteiger partial charge on any atom is -0.304 e. The first-order valence-corrected chi connectivity index (χ1v) is 8.01. The van der Waals surface area contributed by atoms with Crippen LogP contribution < -0.4 is 0 Å². The summed E-state index contributed by atoms with van der Waals surface area (Å²) < 4.78 is 26.0. The third-order valence-corrected chi connectivity index (χ3v) is 5.91. The molecule has 5 heteroatoms. The van der Waals surface area contributed by atoms with Crippen LogP contribution in [0.15, 0.2) is 30.6 Å². The zero-order chi connectivity index (χ0) is 12.6. The maximum Gasteiger partial charge on any atom is 0.153 e. The van der Waals surface area contributed by atoms with Gasteiger partial charge in [-0.3, -0.25) is 0 Å². The van der Waals surface area contributed by atoms with Gasteiger partial charge in [0.2, 0.25) is 0 Å². The topological polar surface area (TPSA) is 51.4 Å². The van der Waals surface area contributed by atoms with Gasteiger partial charge in [-0.15, -0.1) is 0 Å². The zero-order valence-electron chi connectivity index (χ0n) is 10.1. The maximum atomic E-state index is 12.0. The molecule has 0 aliphatic carbocycles. The quantitative estimate of drug-likeness (QED) is 0.831. The zero-order valence-corrected chi connectivity index (χ0v) is 10.9. The number of rotatable bonds is 2. The van der Waals surface area contributed by atoms with Gasteiger partial charge < -0.3 is 4.40 Å². The average Bonchev–Trinajstić information content (AvgIpc) is 2.75. The van der Waals surface area contributed by atoms with Gasteiger partial charge in [0.05, 0.1) is 22.7 Å². The Morgan fingerprint density at radius 3 is 3.06 bits per heavy atom. The van der Waals surface area contributed by atoms with Crippen molar-refractivity contribution >= 4 is 15.4 Å². The van der Waals surface area contributed by atoms with Gasteiger partial charge in [0.25, 0.3) is 0 Å². The molecule has 2 aromatic heterocycles. The maximum absolute atomic E-state index is 12.0. The summed E-state index contributed by atoms with van der Waals surface area (Å²) >= 11 is 0. The van der Waals surface area contributed by atoms with E-state index in [9.17, 15) is 8.42 Å². The molecular weight excluding hydrogens is 248 g/mol. The summed E-state index contributed by atoms with van der Waals surface area (Å²) in [6.45, 7) is 0. The first-order chi connectivity index (χ1) is 8.67. The monoisotopic (exact) mass is 264 g/mol. The van der Waals surface area contributed by atoms with Gasteiger partial charge in [0, 0.05) is 12.6 Å². The number of hydrogen-bond donors (Lipinski definition) is 0. The second-order valence-corrected chi connectivity index (χ2v) is 7.26. The van der Waals surface area contributed by atoms with Gasteiger partial charge in [-0.25, -0.2) is 13.4 Å². The van der Waals surface area contributed by atoms with E-state index < -0.39 is 9.84 Å². The molecular formula is C13H16N2O2S. The van der Waals surface area contributed by atoms with E-state index in [0.717, 1.165) is 30.6 Å². The number of aromatic nitrogens is 2. The summed E-state index contributed by atoms with van der Waals surface area (Å²) in [5.74, 6) is 1.18. The van der Waals surface area contributed by atoms with Crippen LogP contribution >= 0.6 is 0 Å². The molecule has 4 nitrogen and oxygen atoms in total. The van der Waals surface area contributed by atoms with Crippen LogP contribution in [0.4, 0.5) is 0 Å². The summed E-state index contributed by atoms with van der Waals surface area (Å²) in [5.41, 5.74) is 1.01. The lowest BCUT2D eigenvalue weighted by molar-refractivity contribution is 0.534. The van der Waals surface area contributed by atoms with E-state index in [1.807, 2.05) is 28.8 Å². The van der Waals surface area contributed by atoms with E-state index in [1.165, 1.54) is 0 Å². The van der Waals surface area contributed by atoms with Gasteiger partial charge in [-0.05, 0) is 25.0 Å². The first-order valence-electron chi connectivity index (χ1n) is 6.29. The molecule has 3 rings (SSSR count). The van der Waals surface area contributed by atoms with Crippen molar-refractivity contribution in [2.45, 2.75) is 30.9 Å². The molecule has 1 fully saturated rings. The Balaban J connectivity index is 1.92. The molecule has 1 aliphatic rings. The van der Waals surface area contributed by atoms with Crippen LogP contribution in [-0.2, 0) is 16.3 Å². The second-order valence-electron chi connectivity index (χ2n) is 4.86. The normalized spacial score (nSPS) is 23.2. The Kier molecular flexibility index (Phi) is 2.86. The molecule has 0 bridgehead atoms. The van der Waals surface area contributed by atoms with Gasteiger partial charge >= 0.3 is 0 Å². The standard InChI is InChI=1S/C13H16N2O2S/c16-18(17)8-4-2-6-12(18)9-13-14-10-11-5-1-3-7-15(11)13/h1,3,5,7,10,12H,2,4,6,8-9H2. The van der Waals surface area contributed by atoms with Crippen LogP contribution in [0.2, 0.25) is 0 Å². The number of sulfone groups is 1. The molecule has 0 saturated carbocycles. The van der Waals surface area contributed by atoms with E-state index in [2.05, 4.69) is 4.98 Å². The average molecular weight is 264 g/mol. The van der Waals surface area contributed by atoms with Crippen molar-refractivity contribution in [3.05, 3.63) is 36.4 Å². The van der Waals surface area contributed by atoms with Crippen molar-refractivity contribution in [2.24, 2.45) is 0 Å². The van der Waals surface area contributed by atoms with Gasteiger partial charge in [0.15, 0.2) is 9.84 Å². The molecule has 96 valence electrons. The molecule has 1 aliphatic heterocycles. The van der Waals surface area contributed by atoms with Crippen molar-refractivity contribution in [2.75, 3.05) is 5.75 Å². The highest BCUT2D eigenvalue weighted by Gasteiger charge is 2.29. The fourth-order valence-corrected chi connectivity index (χ4v) is 4.47.